The topological polar surface area (TPSA) is 72.4 Å². The molecule has 0 aliphatic heterocycles. The number of likely N-dealkylation sites (N-methyl/N-ethyl adjacent to an activating group) is 1. The van der Waals surface area contributed by atoms with Crippen molar-refractivity contribution in [2.45, 2.75) is 32.6 Å². The quantitative estimate of drug-likeness (QED) is 0.579. The number of nitrogens with zero attached hydrogens (tertiary/aromatic N) is 3. The molecule has 0 bridgehead atoms. The Balaban J connectivity index is 1.55. The van der Waals surface area contributed by atoms with Crippen LogP contribution in [0.3, 0.4) is 0 Å². The Kier molecular flexibility index (Phi) is 6.30. The fourth-order valence-electron chi connectivity index (χ4n) is 3.07. The molecule has 1 aliphatic rings. The normalized spacial score (nSPS) is 14.2. The van der Waals surface area contributed by atoms with Crippen LogP contribution in [-0.4, -0.2) is 39.9 Å². The highest BCUT2D eigenvalue weighted by atomic mass is 16.5. The van der Waals surface area contributed by atoms with E-state index in [1.807, 2.05) is 31.2 Å². The molecule has 140 valence electrons. The molecule has 3 rings (SSSR count). The molecule has 0 saturated carbocycles. The number of esters is 1. The molecule has 0 fully saturated rings. The van der Waals surface area contributed by atoms with Crippen molar-refractivity contribution < 1.29 is 14.3 Å². The summed E-state index contributed by atoms with van der Waals surface area (Å²) in [6.07, 6.45) is 10.6. The van der Waals surface area contributed by atoms with Gasteiger partial charge < -0.3 is 9.64 Å². The molecule has 2 aromatic rings. The van der Waals surface area contributed by atoms with Crippen LogP contribution >= 0.6 is 0 Å². The molecule has 1 heterocycles. The Bertz CT molecular complexity index is 889. The Morgan fingerprint density at radius 3 is 2.78 bits per heavy atom. The van der Waals surface area contributed by atoms with Gasteiger partial charge in [-0.15, -0.1) is 0 Å². The zero-order valence-corrected chi connectivity index (χ0v) is 15.4. The maximum atomic E-state index is 12.4. The minimum absolute atomic E-state index is 0.196. The largest absolute Gasteiger partial charge is 0.452 e. The molecule has 0 spiro atoms. The molecular weight excluding hydrogens is 342 g/mol. The number of para-hydroxylation sites is 2. The summed E-state index contributed by atoms with van der Waals surface area (Å²) in [5.74, 6) is -0.773. The molecule has 0 unspecified atom stereocenters. The van der Waals surface area contributed by atoms with Crippen LogP contribution in [-0.2, 0) is 14.3 Å². The number of rotatable bonds is 6. The van der Waals surface area contributed by atoms with Crippen molar-refractivity contribution in [3.63, 3.8) is 0 Å². The predicted octanol–water partition coefficient (Wildman–Crippen LogP) is 3.49. The molecule has 1 amide bonds. The van der Waals surface area contributed by atoms with Gasteiger partial charge in [-0.05, 0) is 50.8 Å². The van der Waals surface area contributed by atoms with E-state index in [1.165, 1.54) is 12.2 Å². The highest BCUT2D eigenvalue weighted by molar-refractivity contribution is 5.89. The molecule has 0 radical (unpaired) electrons. The van der Waals surface area contributed by atoms with Crippen molar-refractivity contribution in [3.05, 3.63) is 54.0 Å². The standard InChI is InChI=1S/C21H23N3O3/c1-2-24(17-8-4-3-5-9-17)20(25)15-27-21(26)13-12-16-14-22-18-10-6-7-11-19(18)23-16/h6-8,10-14H,2-5,9,15H2,1H3/b13-12+. The van der Waals surface area contributed by atoms with Crippen LogP contribution < -0.4 is 0 Å². The molecule has 1 aromatic carbocycles. The summed E-state index contributed by atoms with van der Waals surface area (Å²) >= 11 is 0. The van der Waals surface area contributed by atoms with Gasteiger partial charge in [0.05, 0.1) is 22.9 Å². The predicted molar refractivity (Wildman–Crippen MR) is 103 cm³/mol. The van der Waals surface area contributed by atoms with E-state index in [4.69, 9.17) is 4.74 Å². The van der Waals surface area contributed by atoms with Crippen molar-refractivity contribution in [1.29, 1.82) is 0 Å². The van der Waals surface area contributed by atoms with Crippen molar-refractivity contribution >= 4 is 29.0 Å². The first-order chi connectivity index (χ1) is 13.2. The zero-order valence-electron chi connectivity index (χ0n) is 15.4. The highest BCUT2D eigenvalue weighted by Gasteiger charge is 2.18. The fourth-order valence-corrected chi connectivity index (χ4v) is 3.07. The van der Waals surface area contributed by atoms with Gasteiger partial charge in [-0.2, -0.15) is 0 Å². The highest BCUT2D eigenvalue weighted by Crippen LogP contribution is 2.20. The SMILES string of the molecule is CCN(C(=O)COC(=O)/C=C/c1cnc2ccccc2n1)C1=CCCCC1. The van der Waals surface area contributed by atoms with Gasteiger partial charge in [0.15, 0.2) is 6.61 Å². The Hall–Kier alpha value is -3.02. The van der Waals surface area contributed by atoms with Crippen LogP contribution in [0.5, 0.6) is 0 Å². The maximum Gasteiger partial charge on any atom is 0.331 e. The van der Waals surface area contributed by atoms with Gasteiger partial charge in [0, 0.05) is 18.3 Å². The van der Waals surface area contributed by atoms with E-state index < -0.39 is 5.97 Å². The lowest BCUT2D eigenvalue weighted by Crippen LogP contribution is -2.34. The van der Waals surface area contributed by atoms with E-state index >= 15 is 0 Å². The number of carbonyl (C=O) groups is 2. The average Bonchev–Trinajstić information content (AvgIpc) is 2.72. The Morgan fingerprint density at radius 1 is 1.22 bits per heavy atom. The third kappa shape index (κ3) is 5.00. The minimum atomic E-state index is -0.577. The van der Waals surface area contributed by atoms with Crippen molar-refractivity contribution in [2.75, 3.05) is 13.2 Å². The lowest BCUT2D eigenvalue weighted by molar-refractivity contribution is -0.147. The van der Waals surface area contributed by atoms with E-state index in [9.17, 15) is 9.59 Å². The number of hydrogen-bond donors (Lipinski definition) is 0. The summed E-state index contributed by atoms with van der Waals surface area (Å²) in [5, 5.41) is 0. The number of aromatic nitrogens is 2. The average molecular weight is 365 g/mol. The van der Waals surface area contributed by atoms with E-state index in [0.29, 0.717) is 12.2 Å². The summed E-state index contributed by atoms with van der Waals surface area (Å²) in [6, 6.07) is 7.50. The van der Waals surface area contributed by atoms with Crippen LogP contribution in [0, 0.1) is 0 Å². The summed E-state index contributed by atoms with van der Waals surface area (Å²) in [5.41, 5.74) is 3.13. The fraction of sp³-hybridized carbons (Fsp3) is 0.333. The van der Waals surface area contributed by atoms with Crippen molar-refractivity contribution in [3.8, 4) is 0 Å². The van der Waals surface area contributed by atoms with Gasteiger partial charge in [0.25, 0.3) is 5.91 Å². The first-order valence-corrected chi connectivity index (χ1v) is 9.23. The molecule has 0 N–H and O–H groups in total. The molecule has 0 saturated heterocycles. The number of hydrogen-bond acceptors (Lipinski definition) is 5. The van der Waals surface area contributed by atoms with Gasteiger partial charge >= 0.3 is 5.97 Å². The van der Waals surface area contributed by atoms with Gasteiger partial charge in [-0.25, -0.2) is 9.78 Å². The lowest BCUT2D eigenvalue weighted by atomic mass is 10.0. The molecular formula is C21H23N3O3. The van der Waals surface area contributed by atoms with Gasteiger partial charge in [-0.3, -0.25) is 9.78 Å². The molecule has 1 aromatic heterocycles. The van der Waals surface area contributed by atoms with Gasteiger partial charge in [0.2, 0.25) is 0 Å². The van der Waals surface area contributed by atoms with Crippen LogP contribution in [0.2, 0.25) is 0 Å². The van der Waals surface area contributed by atoms with E-state index in [2.05, 4.69) is 16.0 Å². The van der Waals surface area contributed by atoms with Crippen LogP contribution in [0.4, 0.5) is 0 Å². The maximum absolute atomic E-state index is 12.4. The second kappa shape index (κ2) is 9.07. The number of benzene rings is 1. The third-order valence-corrected chi connectivity index (χ3v) is 4.43. The zero-order chi connectivity index (χ0) is 19.1. The van der Waals surface area contributed by atoms with E-state index in [-0.39, 0.29) is 12.5 Å². The number of fused-ring (bicyclic) bond motifs is 1. The van der Waals surface area contributed by atoms with Crippen LogP contribution in [0.15, 0.2) is 48.3 Å². The molecule has 6 nitrogen and oxygen atoms in total. The lowest BCUT2D eigenvalue weighted by Gasteiger charge is -2.26. The molecule has 27 heavy (non-hydrogen) atoms. The first-order valence-electron chi connectivity index (χ1n) is 9.23. The number of allylic oxidation sites excluding steroid dienone is 2. The second-order valence-electron chi connectivity index (χ2n) is 6.30. The van der Waals surface area contributed by atoms with Gasteiger partial charge in [-0.1, -0.05) is 18.2 Å². The molecule has 0 atom stereocenters. The smallest absolute Gasteiger partial charge is 0.331 e. The monoisotopic (exact) mass is 365 g/mol. The van der Waals surface area contributed by atoms with Crippen molar-refractivity contribution in [2.24, 2.45) is 0 Å². The third-order valence-electron chi connectivity index (χ3n) is 4.43. The summed E-state index contributed by atoms with van der Waals surface area (Å²) in [7, 11) is 0. The molecule has 6 heteroatoms. The van der Waals surface area contributed by atoms with Gasteiger partial charge in [0.1, 0.15) is 0 Å². The number of carbonyl (C=O) groups excluding carboxylic acids is 2. The first kappa shape index (κ1) is 18.8. The van der Waals surface area contributed by atoms with E-state index in [1.54, 1.807) is 11.1 Å². The molecule has 1 aliphatic carbocycles. The number of amides is 1. The summed E-state index contributed by atoms with van der Waals surface area (Å²) in [4.78, 5) is 34.7. The Labute approximate surface area is 158 Å². The van der Waals surface area contributed by atoms with Crippen LogP contribution in [0.25, 0.3) is 17.1 Å². The van der Waals surface area contributed by atoms with E-state index in [0.717, 1.165) is 42.4 Å². The summed E-state index contributed by atoms with van der Waals surface area (Å²) < 4.78 is 5.09. The Morgan fingerprint density at radius 2 is 2.04 bits per heavy atom. The van der Waals surface area contributed by atoms with Crippen LogP contribution in [0.1, 0.15) is 38.3 Å². The van der Waals surface area contributed by atoms with Crippen molar-refractivity contribution in [1.82, 2.24) is 14.9 Å². The summed E-state index contributed by atoms with van der Waals surface area (Å²) in [6.45, 7) is 2.23. The minimum Gasteiger partial charge on any atom is -0.452 e. The number of ether oxygens (including phenoxy) is 1. The second-order valence-corrected chi connectivity index (χ2v) is 6.30.